The third-order valence-corrected chi connectivity index (χ3v) is 4.23. The zero-order chi connectivity index (χ0) is 16.6. The summed E-state index contributed by atoms with van der Waals surface area (Å²) in [5.41, 5.74) is 0.467. The molecule has 0 saturated carbocycles. The highest BCUT2D eigenvalue weighted by atomic mass is 19.1. The number of urea groups is 1. The van der Waals surface area contributed by atoms with Crippen molar-refractivity contribution in [2.24, 2.45) is 5.41 Å². The molecule has 0 unspecified atom stereocenters. The molecule has 0 radical (unpaired) electrons. The SMILES string of the molecule is CCC(CC)(CCO)CNC(=O)NCc1ccc(O)c(F)c1. The van der Waals surface area contributed by atoms with E-state index in [1.165, 1.54) is 12.1 Å². The van der Waals surface area contributed by atoms with Crippen molar-refractivity contribution >= 4 is 6.03 Å². The second-order valence-electron chi connectivity index (χ2n) is 5.50. The summed E-state index contributed by atoms with van der Waals surface area (Å²) in [5, 5.41) is 23.7. The quantitative estimate of drug-likeness (QED) is 0.595. The fourth-order valence-corrected chi connectivity index (χ4v) is 2.35. The molecule has 0 aliphatic carbocycles. The summed E-state index contributed by atoms with van der Waals surface area (Å²) >= 11 is 0. The van der Waals surface area contributed by atoms with Gasteiger partial charge in [-0.05, 0) is 42.4 Å². The van der Waals surface area contributed by atoms with Gasteiger partial charge in [0.15, 0.2) is 11.6 Å². The maximum absolute atomic E-state index is 13.2. The van der Waals surface area contributed by atoms with E-state index >= 15 is 0 Å². The molecule has 0 aliphatic rings. The number of aliphatic hydroxyl groups excluding tert-OH is 1. The van der Waals surface area contributed by atoms with E-state index in [1.54, 1.807) is 6.07 Å². The second kappa shape index (κ2) is 8.58. The van der Waals surface area contributed by atoms with Crippen LogP contribution in [-0.2, 0) is 6.54 Å². The molecule has 0 atom stereocenters. The van der Waals surface area contributed by atoms with Gasteiger partial charge < -0.3 is 20.8 Å². The fraction of sp³-hybridized carbons (Fsp3) is 0.562. The number of rotatable bonds is 8. The molecular weight excluding hydrogens is 287 g/mol. The molecule has 6 heteroatoms. The van der Waals surface area contributed by atoms with Crippen molar-refractivity contribution in [2.75, 3.05) is 13.2 Å². The van der Waals surface area contributed by atoms with E-state index in [2.05, 4.69) is 10.6 Å². The Balaban J connectivity index is 2.47. The first kappa shape index (κ1) is 18.2. The van der Waals surface area contributed by atoms with E-state index in [0.29, 0.717) is 18.5 Å². The molecular formula is C16H25FN2O3. The molecule has 0 heterocycles. The van der Waals surface area contributed by atoms with Crippen LogP contribution in [0.4, 0.5) is 9.18 Å². The third kappa shape index (κ3) is 5.18. The number of aliphatic hydroxyl groups is 1. The topological polar surface area (TPSA) is 81.6 Å². The minimum atomic E-state index is -0.710. The largest absolute Gasteiger partial charge is 0.505 e. The Bertz CT molecular complexity index is 490. The van der Waals surface area contributed by atoms with Gasteiger partial charge in [0.2, 0.25) is 0 Å². The number of benzene rings is 1. The Hall–Kier alpha value is -1.82. The average molecular weight is 312 g/mol. The maximum atomic E-state index is 13.2. The molecule has 2 amide bonds. The molecule has 0 fully saturated rings. The van der Waals surface area contributed by atoms with Gasteiger partial charge in [0.1, 0.15) is 0 Å². The van der Waals surface area contributed by atoms with Gasteiger partial charge in [0.05, 0.1) is 0 Å². The summed E-state index contributed by atoms with van der Waals surface area (Å²) in [6, 6.07) is 3.65. The lowest BCUT2D eigenvalue weighted by Crippen LogP contribution is -2.42. The lowest BCUT2D eigenvalue weighted by Gasteiger charge is -2.31. The van der Waals surface area contributed by atoms with Crippen LogP contribution in [0.25, 0.3) is 0 Å². The smallest absolute Gasteiger partial charge is 0.315 e. The number of halogens is 1. The van der Waals surface area contributed by atoms with Crippen LogP contribution in [0.3, 0.4) is 0 Å². The molecule has 0 aliphatic heterocycles. The molecule has 124 valence electrons. The first-order valence-corrected chi connectivity index (χ1v) is 7.56. The molecule has 4 N–H and O–H groups in total. The average Bonchev–Trinajstić information content (AvgIpc) is 2.52. The van der Waals surface area contributed by atoms with Crippen LogP contribution in [-0.4, -0.2) is 29.4 Å². The number of aromatic hydroxyl groups is 1. The van der Waals surface area contributed by atoms with Crippen molar-refractivity contribution in [1.29, 1.82) is 0 Å². The predicted molar refractivity (Wildman–Crippen MR) is 83.0 cm³/mol. The lowest BCUT2D eigenvalue weighted by atomic mass is 9.79. The van der Waals surface area contributed by atoms with Gasteiger partial charge in [0.25, 0.3) is 0 Å². The Morgan fingerprint density at radius 2 is 1.95 bits per heavy atom. The highest BCUT2D eigenvalue weighted by Gasteiger charge is 2.25. The molecule has 0 aromatic heterocycles. The minimum Gasteiger partial charge on any atom is -0.505 e. The highest BCUT2D eigenvalue weighted by Crippen LogP contribution is 2.29. The number of phenolic OH excluding ortho intramolecular Hbond substituents is 1. The number of phenols is 1. The zero-order valence-electron chi connectivity index (χ0n) is 13.2. The molecule has 0 bridgehead atoms. The summed E-state index contributed by atoms with van der Waals surface area (Å²) in [7, 11) is 0. The molecule has 5 nitrogen and oxygen atoms in total. The van der Waals surface area contributed by atoms with Crippen molar-refractivity contribution in [2.45, 2.75) is 39.7 Å². The Morgan fingerprint density at radius 3 is 2.50 bits per heavy atom. The van der Waals surface area contributed by atoms with Crippen LogP contribution < -0.4 is 10.6 Å². The summed E-state index contributed by atoms with van der Waals surface area (Å²) in [5.74, 6) is -1.12. The van der Waals surface area contributed by atoms with E-state index in [4.69, 9.17) is 10.2 Å². The van der Waals surface area contributed by atoms with Gasteiger partial charge in [-0.3, -0.25) is 0 Å². The molecule has 1 aromatic carbocycles. The van der Waals surface area contributed by atoms with Crippen LogP contribution in [0.2, 0.25) is 0 Å². The van der Waals surface area contributed by atoms with Gasteiger partial charge in [-0.1, -0.05) is 19.9 Å². The molecule has 0 saturated heterocycles. The predicted octanol–water partition coefficient (Wildman–Crippen LogP) is 2.52. The number of carbonyl (C=O) groups is 1. The van der Waals surface area contributed by atoms with E-state index in [-0.39, 0.29) is 24.6 Å². The first-order chi connectivity index (χ1) is 10.5. The van der Waals surface area contributed by atoms with Crippen molar-refractivity contribution in [1.82, 2.24) is 10.6 Å². The van der Waals surface area contributed by atoms with Crippen molar-refractivity contribution < 1.29 is 19.4 Å². The van der Waals surface area contributed by atoms with Crippen LogP contribution in [0, 0.1) is 11.2 Å². The Labute approximate surface area is 130 Å². The van der Waals surface area contributed by atoms with E-state index in [9.17, 15) is 9.18 Å². The fourth-order valence-electron chi connectivity index (χ4n) is 2.35. The van der Waals surface area contributed by atoms with Crippen molar-refractivity contribution in [3.8, 4) is 5.75 Å². The summed E-state index contributed by atoms with van der Waals surface area (Å²) in [6.45, 7) is 4.83. The number of hydrogen-bond donors (Lipinski definition) is 4. The summed E-state index contributed by atoms with van der Waals surface area (Å²) in [4.78, 5) is 11.8. The maximum Gasteiger partial charge on any atom is 0.315 e. The van der Waals surface area contributed by atoms with Gasteiger partial charge in [-0.2, -0.15) is 0 Å². The lowest BCUT2D eigenvalue weighted by molar-refractivity contribution is 0.163. The Kier molecular flexibility index (Phi) is 7.11. The number of nitrogens with one attached hydrogen (secondary N) is 2. The number of amides is 2. The normalized spacial score (nSPS) is 11.3. The van der Waals surface area contributed by atoms with Crippen LogP contribution in [0.1, 0.15) is 38.7 Å². The number of hydrogen-bond acceptors (Lipinski definition) is 3. The van der Waals surface area contributed by atoms with Crippen molar-refractivity contribution in [3.05, 3.63) is 29.6 Å². The third-order valence-electron chi connectivity index (χ3n) is 4.23. The van der Waals surface area contributed by atoms with E-state index < -0.39 is 11.6 Å². The van der Waals surface area contributed by atoms with Gasteiger partial charge in [0, 0.05) is 19.7 Å². The molecule has 1 aromatic rings. The standard InChI is InChI=1S/C16H25FN2O3/c1-3-16(4-2,7-8-20)11-19-15(22)18-10-12-5-6-14(21)13(17)9-12/h5-6,9,20-21H,3-4,7-8,10-11H2,1-2H3,(H2,18,19,22). The highest BCUT2D eigenvalue weighted by molar-refractivity contribution is 5.73. The second-order valence-corrected chi connectivity index (χ2v) is 5.50. The van der Waals surface area contributed by atoms with Crippen LogP contribution in [0.15, 0.2) is 18.2 Å². The minimum absolute atomic E-state index is 0.0950. The molecule has 22 heavy (non-hydrogen) atoms. The zero-order valence-corrected chi connectivity index (χ0v) is 13.2. The van der Waals surface area contributed by atoms with Crippen LogP contribution in [0.5, 0.6) is 5.75 Å². The first-order valence-electron chi connectivity index (χ1n) is 7.56. The summed E-state index contributed by atoms with van der Waals surface area (Å²) in [6.07, 6.45) is 2.38. The van der Waals surface area contributed by atoms with E-state index in [0.717, 1.165) is 12.8 Å². The monoisotopic (exact) mass is 312 g/mol. The molecule has 1 rings (SSSR count). The Morgan fingerprint density at radius 1 is 1.27 bits per heavy atom. The van der Waals surface area contributed by atoms with E-state index in [1.807, 2.05) is 13.8 Å². The van der Waals surface area contributed by atoms with Gasteiger partial charge in [-0.25, -0.2) is 9.18 Å². The van der Waals surface area contributed by atoms with Gasteiger partial charge in [-0.15, -0.1) is 0 Å². The van der Waals surface area contributed by atoms with Crippen LogP contribution >= 0.6 is 0 Å². The van der Waals surface area contributed by atoms with Crippen molar-refractivity contribution in [3.63, 3.8) is 0 Å². The molecule has 0 spiro atoms. The van der Waals surface area contributed by atoms with Gasteiger partial charge >= 0.3 is 6.03 Å². The summed E-state index contributed by atoms with van der Waals surface area (Å²) < 4.78 is 13.2. The number of carbonyl (C=O) groups excluding carboxylic acids is 1.